The molecule has 71 heavy (non-hydrogen) atoms. The van der Waals surface area contributed by atoms with E-state index in [0.717, 1.165) is 129 Å². The van der Waals surface area contributed by atoms with Crippen molar-refractivity contribution in [1.82, 2.24) is 36.7 Å². The van der Waals surface area contributed by atoms with Crippen LogP contribution in [0.5, 0.6) is 23.0 Å². The number of benzene rings is 4. The van der Waals surface area contributed by atoms with Gasteiger partial charge < -0.3 is 46.1 Å². The first kappa shape index (κ1) is 54.0. The first-order valence-corrected chi connectivity index (χ1v) is 22.9. The molecule has 364 valence electrons. The quantitative estimate of drug-likeness (QED) is 0.0331. The summed E-state index contributed by atoms with van der Waals surface area (Å²) in [4.78, 5) is 35.3. The van der Waals surface area contributed by atoms with Crippen LogP contribution in [0.3, 0.4) is 0 Å². The van der Waals surface area contributed by atoms with Crippen molar-refractivity contribution in [3.8, 4) is 29.1 Å². The Kier molecular flexibility index (Phi) is 16.7. The molecule has 2 saturated carbocycles. The van der Waals surface area contributed by atoms with E-state index in [1.807, 2.05) is 42.5 Å². The third kappa shape index (κ3) is 11.4. The molecule has 0 atom stereocenters. The average Bonchev–Trinajstić information content (AvgIpc) is 3.80. The standard InChI is InChI=1S/C26H27N5O3.C26H26N2O3.ClH.N3.H3N.Na/c1-25(2,8-7-24-28-30-31-29-24)22-13-17-11-16(3-5-19(17)27-22)12-23(32)26(9-10-26)18-4-6-20-21(14-18)34-15-33-20;1-25(2,8-3-11-27)23-14-18-12-17(4-6-20(18)28-23)13-24(29)26(9-10-26)19-5-7-21-22(15-19)31-16-30-21;;1-3-2;;/h3-6,11,13-14,27H,7-10,12,15H2,1-2H3,(H,28,29,30,31);4-7,12,14-15,28H,3,8-10,13,16H2,1-2H3;1H;;1H3;/q;;;-1;;+1. The maximum atomic E-state index is 13.4. The van der Waals surface area contributed by atoms with Gasteiger partial charge in [-0.25, -0.2) is 0 Å². The molecule has 11 rings (SSSR count). The third-order valence-corrected chi connectivity index (χ3v) is 14.2. The monoisotopic (exact) mass is 989 g/mol. The Morgan fingerprint density at radius 3 is 1.56 bits per heavy atom. The van der Waals surface area contributed by atoms with Gasteiger partial charge in [-0.1, -0.05) is 57.2 Å². The van der Waals surface area contributed by atoms with Gasteiger partial charge in [0, 0.05) is 58.9 Å². The Balaban J connectivity index is 0.000000213. The van der Waals surface area contributed by atoms with Gasteiger partial charge in [0.25, 0.3) is 0 Å². The van der Waals surface area contributed by atoms with Crippen LogP contribution >= 0.6 is 12.4 Å². The number of tetrazole rings is 1. The molecule has 6 N–H and O–H groups in total. The van der Waals surface area contributed by atoms with Crippen LogP contribution in [0.2, 0.25) is 0 Å². The fourth-order valence-corrected chi connectivity index (χ4v) is 9.47. The number of fused-ring (bicyclic) bond motifs is 4. The number of H-pyrrole nitrogens is 3. The minimum Gasteiger partial charge on any atom is -0.454 e. The van der Waals surface area contributed by atoms with E-state index in [0.29, 0.717) is 19.3 Å². The summed E-state index contributed by atoms with van der Waals surface area (Å²) < 4.78 is 21.9. The summed E-state index contributed by atoms with van der Waals surface area (Å²) in [6.45, 7) is 9.22. The maximum Gasteiger partial charge on any atom is 1.00 e. The number of aromatic amines is 3. The summed E-state index contributed by atoms with van der Waals surface area (Å²) in [5.41, 5.74) is 21.1. The van der Waals surface area contributed by atoms with Gasteiger partial charge >= 0.3 is 29.6 Å². The van der Waals surface area contributed by atoms with Gasteiger partial charge in [-0.15, -0.1) is 22.6 Å². The summed E-state index contributed by atoms with van der Waals surface area (Å²) in [5.74, 6) is 4.22. The summed E-state index contributed by atoms with van der Waals surface area (Å²) in [6, 6.07) is 30.9. The maximum absolute atomic E-state index is 13.4. The largest absolute Gasteiger partial charge is 1.00 e. The van der Waals surface area contributed by atoms with Gasteiger partial charge in [0.1, 0.15) is 11.6 Å². The Hall–Kier alpha value is -6.38. The van der Waals surface area contributed by atoms with Crippen LogP contribution in [0.1, 0.15) is 112 Å². The number of aryl methyl sites for hydroxylation is 1. The molecule has 4 aliphatic rings. The predicted molar refractivity (Wildman–Crippen MR) is 267 cm³/mol. The van der Waals surface area contributed by atoms with Gasteiger partial charge in [-0.05, 0) is 132 Å². The molecule has 2 aliphatic heterocycles. The molecule has 0 spiro atoms. The number of carbonyl (C=O) groups excluding carboxylic acids is 2. The van der Waals surface area contributed by atoms with E-state index in [2.05, 4.69) is 107 Å². The zero-order valence-electron chi connectivity index (χ0n) is 40.8. The van der Waals surface area contributed by atoms with E-state index in [4.69, 9.17) is 35.3 Å². The molecule has 7 aromatic rings. The molecule has 0 radical (unpaired) electrons. The summed E-state index contributed by atoms with van der Waals surface area (Å²) in [5, 5.41) is 25.4. The molecule has 19 heteroatoms. The molecule has 2 aliphatic carbocycles. The van der Waals surface area contributed by atoms with Gasteiger partial charge in [0.15, 0.2) is 28.8 Å². The summed E-state index contributed by atoms with van der Waals surface area (Å²) >= 11 is 0. The molecule has 0 bridgehead atoms. The molecule has 0 amide bonds. The SMILES string of the molecule is CC(C)(CCC#N)c1cc2cc(CC(=O)C3(c4ccc5c(c4)OCO5)CC3)ccc2[nH]1.CC(C)(CCc1nn[nH]n1)c1cc2cc(CC(=O)C3(c4ccc5c(c4)OCO5)CC3)ccc2[nH]1.Cl.N.[N-]=[N+]=[N-].[Na+]. The number of ketones is 2. The van der Waals surface area contributed by atoms with Crippen LogP contribution in [0, 0.1) is 11.3 Å². The zero-order valence-corrected chi connectivity index (χ0v) is 43.6. The number of nitrogens with one attached hydrogen (secondary N) is 3. The molecule has 5 heterocycles. The first-order valence-electron chi connectivity index (χ1n) is 22.9. The first-order chi connectivity index (χ1) is 32.8. The van der Waals surface area contributed by atoms with Crippen molar-refractivity contribution in [3.05, 3.63) is 140 Å². The smallest absolute Gasteiger partial charge is 0.454 e. The van der Waals surface area contributed by atoms with Crippen LogP contribution in [0.15, 0.2) is 84.9 Å². The van der Waals surface area contributed by atoms with Crippen LogP contribution < -0.4 is 54.7 Å². The molecule has 0 saturated heterocycles. The number of nitrogens with zero attached hydrogens (tertiary/aromatic N) is 7. The van der Waals surface area contributed by atoms with Crippen LogP contribution in [-0.2, 0) is 50.5 Å². The van der Waals surface area contributed by atoms with E-state index >= 15 is 0 Å². The minimum atomic E-state index is -0.392. The Morgan fingerprint density at radius 1 is 0.690 bits per heavy atom. The van der Waals surface area contributed by atoms with Crippen LogP contribution in [0.4, 0.5) is 0 Å². The second kappa shape index (κ2) is 21.9. The van der Waals surface area contributed by atoms with Crippen molar-refractivity contribution in [2.45, 2.75) is 114 Å². The van der Waals surface area contributed by atoms with Crippen LogP contribution in [0.25, 0.3) is 37.8 Å². The molecule has 3 aromatic heterocycles. The number of Topliss-reactive ketones (excluding diaryl/α,β-unsaturated/α-hetero) is 2. The predicted octanol–water partition coefficient (Wildman–Crippen LogP) is 7.94. The van der Waals surface area contributed by atoms with E-state index in [9.17, 15) is 9.59 Å². The van der Waals surface area contributed by atoms with Gasteiger partial charge in [0.05, 0.1) is 16.9 Å². The average molecular weight is 991 g/mol. The molecule has 4 aromatic carbocycles. The number of carbonyl (C=O) groups is 2. The fraction of sp³-hybridized carbons (Fsp3) is 0.385. The molecule has 17 nitrogen and oxygen atoms in total. The van der Waals surface area contributed by atoms with E-state index < -0.39 is 10.8 Å². The van der Waals surface area contributed by atoms with Gasteiger partial charge in [-0.2, -0.15) is 10.5 Å². The van der Waals surface area contributed by atoms with Gasteiger partial charge in [0.2, 0.25) is 13.6 Å². The number of hydrogen-bond donors (Lipinski definition) is 4. The summed E-state index contributed by atoms with van der Waals surface area (Å²) in [7, 11) is 0. The number of hydrogen-bond acceptors (Lipinski definition) is 11. The molecular weight excluding hydrogens is 933 g/mol. The number of nitriles is 1. The minimum absolute atomic E-state index is 0. The number of halogens is 1. The zero-order chi connectivity index (χ0) is 47.7. The van der Waals surface area contributed by atoms with E-state index in [-0.39, 0.29) is 84.1 Å². The Labute approximate surface area is 439 Å². The second-order valence-electron chi connectivity index (χ2n) is 19.6. The van der Waals surface area contributed by atoms with Crippen molar-refractivity contribution in [2.75, 3.05) is 13.6 Å². The second-order valence-corrected chi connectivity index (χ2v) is 19.6. The number of rotatable bonds is 15. The van der Waals surface area contributed by atoms with Crippen molar-refractivity contribution < 1.29 is 58.1 Å². The summed E-state index contributed by atoms with van der Waals surface area (Å²) in [6.07, 6.45) is 7.36. The van der Waals surface area contributed by atoms with Crippen molar-refractivity contribution in [3.63, 3.8) is 0 Å². The Morgan fingerprint density at radius 2 is 1.14 bits per heavy atom. The Bertz CT molecular complexity index is 3110. The molecule has 0 unspecified atom stereocenters. The number of aromatic nitrogens is 6. The topological polar surface area (TPSA) is 275 Å². The third-order valence-electron chi connectivity index (χ3n) is 14.2. The van der Waals surface area contributed by atoms with Gasteiger partial charge in [-0.3, -0.25) is 14.5 Å². The fourth-order valence-electron chi connectivity index (χ4n) is 9.47. The van der Waals surface area contributed by atoms with E-state index in [1.165, 1.54) is 4.91 Å². The number of ether oxygens (including phenoxy) is 4. The van der Waals surface area contributed by atoms with Crippen molar-refractivity contribution >= 4 is 45.8 Å². The van der Waals surface area contributed by atoms with Crippen molar-refractivity contribution in [2.24, 2.45) is 0 Å². The normalized spacial score (nSPS) is 15.0. The molecular formula is C52H57ClN11NaO6. The molecule has 2 fully saturated rings. The van der Waals surface area contributed by atoms with E-state index in [1.54, 1.807) is 0 Å². The van der Waals surface area contributed by atoms with Crippen LogP contribution in [-0.4, -0.2) is 55.7 Å². The van der Waals surface area contributed by atoms with Crippen molar-refractivity contribution in [1.29, 1.82) is 5.26 Å².